The zero-order chi connectivity index (χ0) is 24.5. The fourth-order valence-electron chi connectivity index (χ4n) is 4.21. The first-order valence-electron chi connectivity index (χ1n) is 11.3. The summed E-state index contributed by atoms with van der Waals surface area (Å²) in [6.45, 7) is 4.64. The normalized spacial score (nSPS) is 21.8. The Bertz CT molecular complexity index is 1170. The minimum absolute atomic E-state index is 0.0543. The van der Waals surface area contributed by atoms with E-state index in [4.69, 9.17) is 4.74 Å². The molecule has 3 heterocycles. The minimum Gasteiger partial charge on any atom is -0.385 e. The van der Waals surface area contributed by atoms with Gasteiger partial charge in [0.05, 0.1) is 10.6 Å². The lowest BCUT2D eigenvalue weighted by Gasteiger charge is -2.39. The first-order valence-corrected chi connectivity index (χ1v) is 12.7. The third-order valence-corrected chi connectivity index (χ3v) is 8.31. The molecule has 2 N–H and O–H groups in total. The standard InChI is InChI=1S/C23H32N6O4S/c1-23(10-15-33-4)22(30)28(3)19-8-9-20(25-21(19)26-23)24-17-6-5-7-18(16-17)34(31,32)29-13-11-27(2)12-14-29/h5-9,16H,10-15H2,1-4H3,(H2,24,25,26). The van der Waals surface area contributed by atoms with E-state index in [2.05, 4.69) is 20.5 Å². The second-order valence-corrected chi connectivity index (χ2v) is 10.9. The Balaban J connectivity index is 1.56. The molecule has 1 saturated heterocycles. The van der Waals surface area contributed by atoms with Crippen molar-refractivity contribution in [2.75, 3.05) is 69.5 Å². The predicted octanol–water partition coefficient (Wildman–Crippen LogP) is 1.94. The van der Waals surface area contributed by atoms with Crippen molar-refractivity contribution in [2.24, 2.45) is 0 Å². The molecule has 0 saturated carbocycles. The van der Waals surface area contributed by atoms with Crippen LogP contribution in [0.15, 0.2) is 41.3 Å². The van der Waals surface area contributed by atoms with E-state index in [0.29, 0.717) is 62.2 Å². The number of pyridine rings is 1. The van der Waals surface area contributed by atoms with Crippen LogP contribution in [0.1, 0.15) is 13.3 Å². The lowest BCUT2D eigenvalue weighted by molar-refractivity contribution is -0.123. The summed E-state index contributed by atoms with van der Waals surface area (Å²) in [7, 11) is 1.75. The predicted molar refractivity (Wildman–Crippen MR) is 132 cm³/mol. The Morgan fingerprint density at radius 3 is 2.59 bits per heavy atom. The molecule has 184 valence electrons. The van der Waals surface area contributed by atoms with Gasteiger partial charge in [0.2, 0.25) is 10.0 Å². The van der Waals surface area contributed by atoms with E-state index in [1.165, 1.54) is 4.31 Å². The number of hydrogen-bond acceptors (Lipinski definition) is 8. The number of carbonyl (C=O) groups excluding carboxylic acids is 1. The molecule has 1 unspecified atom stereocenters. The van der Waals surface area contributed by atoms with E-state index < -0.39 is 15.6 Å². The van der Waals surface area contributed by atoms with Crippen molar-refractivity contribution in [1.29, 1.82) is 0 Å². The highest BCUT2D eigenvalue weighted by Gasteiger charge is 2.41. The van der Waals surface area contributed by atoms with Gasteiger partial charge in [-0.2, -0.15) is 4.31 Å². The highest BCUT2D eigenvalue weighted by molar-refractivity contribution is 7.89. The number of carbonyl (C=O) groups is 1. The zero-order valence-electron chi connectivity index (χ0n) is 20.0. The fraction of sp³-hybridized carbons (Fsp3) is 0.478. The Kier molecular flexibility index (Phi) is 6.81. The molecule has 4 rings (SSSR count). The van der Waals surface area contributed by atoms with Crippen molar-refractivity contribution >= 4 is 38.9 Å². The minimum atomic E-state index is -3.57. The van der Waals surface area contributed by atoms with E-state index in [1.807, 2.05) is 20.0 Å². The smallest absolute Gasteiger partial charge is 0.252 e. The Morgan fingerprint density at radius 1 is 1.15 bits per heavy atom. The number of piperazine rings is 1. The molecule has 1 aromatic carbocycles. The van der Waals surface area contributed by atoms with Gasteiger partial charge < -0.3 is 25.2 Å². The molecule has 34 heavy (non-hydrogen) atoms. The van der Waals surface area contributed by atoms with Crippen molar-refractivity contribution in [1.82, 2.24) is 14.2 Å². The van der Waals surface area contributed by atoms with Gasteiger partial charge in [-0.25, -0.2) is 13.4 Å². The number of methoxy groups -OCH3 is 1. The van der Waals surface area contributed by atoms with Gasteiger partial charge in [-0.05, 0) is 44.3 Å². The van der Waals surface area contributed by atoms with Crippen molar-refractivity contribution < 1.29 is 17.9 Å². The summed E-state index contributed by atoms with van der Waals surface area (Å²) >= 11 is 0. The Hall–Kier alpha value is -2.73. The molecular formula is C23H32N6O4S. The van der Waals surface area contributed by atoms with Crippen LogP contribution in [0.25, 0.3) is 0 Å². The van der Waals surface area contributed by atoms with Crippen LogP contribution in [0, 0.1) is 0 Å². The summed E-state index contributed by atoms with van der Waals surface area (Å²) in [5.74, 6) is 1.06. The number of ether oxygens (including phenoxy) is 1. The number of aromatic nitrogens is 1. The van der Waals surface area contributed by atoms with Crippen LogP contribution in [-0.4, -0.2) is 88.0 Å². The van der Waals surface area contributed by atoms with Crippen molar-refractivity contribution in [3.63, 3.8) is 0 Å². The second kappa shape index (κ2) is 9.49. The lowest BCUT2D eigenvalue weighted by atomic mass is 9.93. The number of amides is 1. The highest BCUT2D eigenvalue weighted by atomic mass is 32.2. The van der Waals surface area contributed by atoms with E-state index in [-0.39, 0.29) is 10.8 Å². The van der Waals surface area contributed by atoms with Gasteiger partial charge >= 0.3 is 0 Å². The first kappa shape index (κ1) is 24.4. The Labute approximate surface area is 200 Å². The molecule has 0 bridgehead atoms. The molecule has 10 nitrogen and oxygen atoms in total. The molecule has 2 aliphatic heterocycles. The average Bonchev–Trinajstić information content (AvgIpc) is 2.82. The van der Waals surface area contributed by atoms with E-state index >= 15 is 0 Å². The number of benzene rings is 1. The van der Waals surface area contributed by atoms with Crippen LogP contribution in [0.5, 0.6) is 0 Å². The number of fused-ring (bicyclic) bond motifs is 1. The summed E-state index contributed by atoms with van der Waals surface area (Å²) < 4.78 is 32.9. The number of likely N-dealkylation sites (N-methyl/N-ethyl adjacent to an activating group) is 2. The van der Waals surface area contributed by atoms with Gasteiger partial charge in [0.1, 0.15) is 11.4 Å². The van der Waals surface area contributed by atoms with E-state index in [0.717, 1.165) is 0 Å². The number of rotatable bonds is 7. The maximum Gasteiger partial charge on any atom is 0.252 e. The average molecular weight is 489 g/mol. The summed E-state index contributed by atoms with van der Waals surface area (Å²) in [6.07, 6.45) is 0.498. The van der Waals surface area contributed by atoms with Crippen molar-refractivity contribution in [2.45, 2.75) is 23.8 Å². The van der Waals surface area contributed by atoms with Gasteiger partial charge in [-0.1, -0.05) is 6.07 Å². The molecule has 2 aromatic rings. The summed E-state index contributed by atoms with van der Waals surface area (Å²) in [4.78, 5) is 21.5. The van der Waals surface area contributed by atoms with Crippen LogP contribution in [0.3, 0.4) is 0 Å². The maximum absolute atomic E-state index is 13.1. The third kappa shape index (κ3) is 4.74. The third-order valence-electron chi connectivity index (χ3n) is 6.42. The SMILES string of the molecule is COCCC1(C)Nc2nc(Nc3cccc(S(=O)(=O)N4CCN(C)CC4)c3)ccc2N(C)C1=O. The van der Waals surface area contributed by atoms with Crippen LogP contribution in [0.2, 0.25) is 0 Å². The Morgan fingerprint density at radius 2 is 1.88 bits per heavy atom. The van der Waals surface area contributed by atoms with E-state index in [9.17, 15) is 13.2 Å². The molecule has 2 aliphatic rings. The topological polar surface area (TPSA) is 107 Å². The van der Waals surface area contributed by atoms with E-state index in [1.54, 1.807) is 49.4 Å². The largest absolute Gasteiger partial charge is 0.385 e. The molecule has 1 atom stereocenters. The van der Waals surface area contributed by atoms with Crippen LogP contribution in [0.4, 0.5) is 23.0 Å². The molecule has 0 radical (unpaired) electrons. The molecule has 0 spiro atoms. The number of hydrogen-bond donors (Lipinski definition) is 2. The van der Waals surface area contributed by atoms with Crippen LogP contribution in [-0.2, 0) is 19.6 Å². The molecule has 11 heteroatoms. The van der Waals surface area contributed by atoms with Crippen LogP contribution < -0.4 is 15.5 Å². The van der Waals surface area contributed by atoms with Crippen molar-refractivity contribution in [3.8, 4) is 0 Å². The second-order valence-electron chi connectivity index (χ2n) is 8.99. The van der Waals surface area contributed by atoms with Crippen molar-refractivity contribution in [3.05, 3.63) is 36.4 Å². The van der Waals surface area contributed by atoms with Crippen LogP contribution >= 0.6 is 0 Å². The summed E-state index contributed by atoms with van der Waals surface area (Å²) in [5, 5.41) is 6.47. The number of nitrogens with one attached hydrogen (secondary N) is 2. The lowest BCUT2D eigenvalue weighted by Crippen LogP contribution is -2.55. The number of sulfonamides is 1. The van der Waals surface area contributed by atoms with Gasteiger partial charge in [0.15, 0.2) is 5.82 Å². The molecule has 1 fully saturated rings. The molecule has 0 aliphatic carbocycles. The van der Waals surface area contributed by atoms with Gasteiger partial charge in [-0.15, -0.1) is 0 Å². The highest BCUT2D eigenvalue weighted by Crippen LogP contribution is 2.36. The first-order chi connectivity index (χ1) is 16.1. The maximum atomic E-state index is 13.1. The quantitative estimate of drug-likeness (QED) is 0.609. The molecular weight excluding hydrogens is 456 g/mol. The summed E-state index contributed by atoms with van der Waals surface area (Å²) in [6, 6.07) is 10.3. The van der Waals surface area contributed by atoms with Gasteiger partial charge in [0.25, 0.3) is 5.91 Å². The number of anilines is 4. The number of nitrogens with zero attached hydrogens (tertiary/aromatic N) is 4. The molecule has 1 amide bonds. The zero-order valence-corrected chi connectivity index (χ0v) is 20.9. The van der Waals surface area contributed by atoms with Gasteiger partial charge in [0, 0.05) is 59.1 Å². The fourth-order valence-corrected chi connectivity index (χ4v) is 5.68. The molecule has 1 aromatic heterocycles. The monoisotopic (exact) mass is 488 g/mol. The van der Waals surface area contributed by atoms with Gasteiger partial charge in [-0.3, -0.25) is 4.79 Å². The summed E-state index contributed by atoms with van der Waals surface area (Å²) in [5.41, 5.74) is 0.460.